The number of hydrogen-bond acceptors (Lipinski definition) is 13. The van der Waals surface area contributed by atoms with Crippen LogP contribution in [0.15, 0.2) is 84.4 Å². The van der Waals surface area contributed by atoms with Crippen LogP contribution in [-0.4, -0.2) is 102 Å². The number of halogens is 2. The summed E-state index contributed by atoms with van der Waals surface area (Å²) in [4.78, 5) is 86.9. The Hall–Kier alpha value is -7.25. The zero-order valence-corrected chi connectivity index (χ0v) is 46.4. The van der Waals surface area contributed by atoms with Crippen LogP contribution in [0, 0.1) is 42.7 Å². The highest BCUT2D eigenvalue weighted by molar-refractivity contribution is 7.09. The van der Waals surface area contributed by atoms with Gasteiger partial charge < -0.3 is 30.3 Å². The van der Waals surface area contributed by atoms with E-state index in [-0.39, 0.29) is 108 Å². The quantitative estimate of drug-likeness (QED) is 0.0514. The number of aryl methyl sites for hydroxylation is 2. The van der Waals surface area contributed by atoms with Crippen LogP contribution in [0.1, 0.15) is 108 Å². The number of aliphatic hydroxyl groups excluding tert-OH is 1. The second-order valence-corrected chi connectivity index (χ2v) is 22.7. The maximum Gasteiger partial charge on any atom is 0.355 e. The molecule has 1 aliphatic carbocycles. The van der Waals surface area contributed by atoms with Crippen molar-refractivity contribution in [2.45, 2.75) is 125 Å². The fraction of sp³-hybridized carbons (Fsp3) is 0.441. The molecule has 1 unspecified atom stereocenters. The molecule has 1 saturated heterocycles. The lowest BCUT2D eigenvalue weighted by molar-refractivity contribution is -0.137. The van der Waals surface area contributed by atoms with Gasteiger partial charge in [0.2, 0.25) is 17.7 Å². The highest BCUT2D eigenvalue weighted by Gasteiger charge is 2.47. The number of nitrogens with one attached hydrogen (secondary N) is 2. The summed E-state index contributed by atoms with van der Waals surface area (Å²) in [6.07, 6.45) is 5.58. The summed E-state index contributed by atoms with van der Waals surface area (Å²) < 4.78 is 44.7. The van der Waals surface area contributed by atoms with Crippen molar-refractivity contribution in [2.24, 2.45) is 17.3 Å². The largest absolute Gasteiger partial charge is 0.493 e. The number of Topliss-reactive ketones (excluding diaryl/α,β-unsaturated/α-hetero) is 1. The molecule has 0 radical (unpaired) electrons. The third kappa shape index (κ3) is 12.4. The van der Waals surface area contributed by atoms with Crippen molar-refractivity contribution < 1.29 is 37.8 Å². The Morgan fingerprint density at radius 2 is 1.71 bits per heavy atom. The van der Waals surface area contributed by atoms with Crippen LogP contribution in [0.4, 0.5) is 14.6 Å². The minimum Gasteiger partial charge on any atom is -0.493 e. The molecular formula is C59H69F2N9O7S. The monoisotopic (exact) mass is 1090 g/mol. The summed E-state index contributed by atoms with van der Waals surface area (Å²) in [5.41, 5.74) is 2.71. The molecule has 412 valence electrons. The summed E-state index contributed by atoms with van der Waals surface area (Å²) in [6.45, 7) is 19.9. The van der Waals surface area contributed by atoms with E-state index in [2.05, 4.69) is 31.6 Å². The van der Waals surface area contributed by atoms with E-state index in [4.69, 9.17) is 9.72 Å². The number of carbonyl (C=O) groups is 4. The van der Waals surface area contributed by atoms with Gasteiger partial charge in [-0.15, -0.1) is 0 Å². The first-order valence-corrected chi connectivity index (χ1v) is 27.4. The number of piperazine rings is 1. The van der Waals surface area contributed by atoms with E-state index in [1.807, 2.05) is 90.8 Å². The van der Waals surface area contributed by atoms with Crippen molar-refractivity contribution in [1.29, 1.82) is 0 Å². The molecular weight excluding hydrogens is 1020 g/mol. The molecule has 2 aliphatic rings. The molecule has 19 heteroatoms. The number of ketones is 1. The average Bonchev–Trinajstić information content (AvgIpc) is 4.07. The van der Waals surface area contributed by atoms with Gasteiger partial charge in [-0.25, -0.2) is 27.5 Å². The van der Waals surface area contributed by atoms with Gasteiger partial charge in [-0.05, 0) is 128 Å². The minimum absolute atomic E-state index is 0.0192. The van der Waals surface area contributed by atoms with Crippen molar-refractivity contribution in [3.8, 4) is 33.1 Å². The molecule has 1 saturated carbocycles. The van der Waals surface area contributed by atoms with Crippen molar-refractivity contribution in [2.75, 3.05) is 31.1 Å². The lowest BCUT2D eigenvalue weighted by atomic mass is 9.77. The number of carbonyl (C=O) groups excluding carboxylic acids is 4. The average molecular weight is 1090 g/mol. The number of benzene rings is 2. The summed E-state index contributed by atoms with van der Waals surface area (Å²) in [5, 5.41) is 16.8. The van der Waals surface area contributed by atoms with E-state index in [0.717, 1.165) is 21.6 Å². The first-order valence-electron chi connectivity index (χ1n) is 26.6. The van der Waals surface area contributed by atoms with Gasteiger partial charge in [0.05, 0.1) is 51.9 Å². The standard InChI is InChI=1S/C59H69F2N9O7S/c1-10-47(73)68-24-25-69(36(6)32-68)55-42-29-44(61)50(66-56(42)70(58(76)67-55)51-34(4)22-23-62-49(51)33(2)3)48-43(60)15-14-16-45(48)77-26-13-11-12-17-46(72)65-54(59(7,8)9)52(74)40-27-39(71)28-41(40)57(75)63-31-37-18-20-38(21-19-37)53-35(5)30-64-78-53/h10,14-16,18-23,29-30,33,36,39-41,54,71H,1,11-13,17,24-28,31-32H2,2-9H3,(H,63,75)(H,65,72)/t36-,39-,40?,41+,54+/m0/s1. The number of aliphatic hydroxyl groups is 1. The van der Waals surface area contributed by atoms with Gasteiger partial charge in [0.25, 0.3) is 0 Å². The fourth-order valence-electron chi connectivity index (χ4n) is 10.6. The van der Waals surface area contributed by atoms with Gasteiger partial charge in [0, 0.05) is 57.0 Å². The SMILES string of the molecule is C=CC(=O)N1CCN(c2nc(=O)n(-c3c(C)ccnc3C(C)C)c3nc(-c4c(F)cccc4OCCCCCC(=O)N[C@H](C(=O)C4C[C@H](O)C[C@H]4C(=O)NCc4ccc(-c5sncc5C)cc4)C(C)(C)C)c(F)cc23)[C@@H](C)C1. The van der Waals surface area contributed by atoms with Crippen molar-refractivity contribution in [1.82, 2.24) is 39.4 Å². The van der Waals surface area contributed by atoms with Gasteiger partial charge in [-0.1, -0.05) is 71.5 Å². The van der Waals surface area contributed by atoms with Crippen LogP contribution < -0.4 is 26.0 Å². The first-order chi connectivity index (χ1) is 37.2. The van der Waals surface area contributed by atoms with Gasteiger partial charge in [0.1, 0.15) is 23.1 Å². The van der Waals surface area contributed by atoms with E-state index in [0.29, 0.717) is 49.3 Å². The molecule has 78 heavy (non-hydrogen) atoms. The number of pyridine rings is 2. The predicted octanol–water partition coefficient (Wildman–Crippen LogP) is 8.95. The number of aromatic nitrogens is 5. The number of nitrogens with zero attached hydrogens (tertiary/aromatic N) is 7. The molecule has 2 fully saturated rings. The van der Waals surface area contributed by atoms with E-state index in [1.165, 1.54) is 46.4 Å². The van der Waals surface area contributed by atoms with Crippen LogP contribution in [0.3, 0.4) is 0 Å². The van der Waals surface area contributed by atoms with Crippen molar-refractivity contribution >= 4 is 51.9 Å². The van der Waals surface area contributed by atoms with Crippen LogP contribution in [0.25, 0.3) is 38.4 Å². The number of rotatable bonds is 19. The Morgan fingerprint density at radius 1 is 0.962 bits per heavy atom. The Kier molecular flexibility index (Phi) is 17.7. The zero-order chi connectivity index (χ0) is 56.2. The second kappa shape index (κ2) is 24.2. The fourth-order valence-corrected chi connectivity index (χ4v) is 11.4. The third-order valence-corrected chi connectivity index (χ3v) is 15.7. The smallest absolute Gasteiger partial charge is 0.355 e. The van der Waals surface area contributed by atoms with Crippen LogP contribution in [0.5, 0.6) is 5.75 Å². The highest BCUT2D eigenvalue weighted by atomic mass is 32.1. The molecule has 2 aromatic carbocycles. The third-order valence-electron chi connectivity index (χ3n) is 14.8. The van der Waals surface area contributed by atoms with Crippen LogP contribution in [0.2, 0.25) is 0 Å². The molecule has 4 aromatic heterocycles. The first kappa shape index (κ1) is 56.9. The van der Waals surface area contributed by atoms with Gasteiger partial charge >= 0.3 is 5.69 Å². The number of ether oxygens (including phenoxy) is 1. The summed E-state index contributed by atoms with van der Waals surface area (Å²) in [5.74, 6) is -4.39. The number of fused-ring (bicyclic) bond motifs is 1. The molecule has 1 aliphatic heterocycles. The van der Waals surface area contributed by atoms with Crippen LogP contribution >= 0.6 is 11.5 Å². The summed E-state index contributed by atoms with van der Waals surface area (Å²) >= 11 is 1.42. The van der Waals surface area contributed by atoms with E-state index in [9.17, 15) is 29.1 Å². The summed E-state index contributed by atoms with van der Waals surface area (Å²) in [7, 11) is 0. The number of amides is 3. The molecule has 3 N–H and O–H groups in total. The number of hydrogen-bond donors (Lipinski definition) is 3. The second-order valence-electron chi connectivity index (χ2n) is 21.9. The molecule has 5 heterocycles. The maximum atomic E-state index is 16.8. The normalized spacial score (nSPS) is 18.1. The molecule has 0 bridgehead atoms. The Bertz CT molecular complexity index is 3280. The Morgan fingerprint density at radius 3 is 2.38 bits per heavy atom. The maximum absolute atomic E-state index is 16.8. The van der Waals surface area contributed by atoms with E-state index < -0.39 is 46.7 Å². The van der Waals surface area contributed by atoms with Gasteiger partial charge in [0.15, 0.2) is 17.2 Å². The van der Waals surface area contributed by atoms with E-state index in [1.54, 1.807) is 17.2 Å². The number of unbranched alkanes of at least 4 members (excludes halogenated alkanes) is 2. The number of anilines is 1. The van der Waals surface area contributed by atoms with Gasteiger partial charge in [-0.2, -0.15) is 4.98 Å². The summed E-state index contributed by atoms with van der Waals surface area (Å²) in [6, 6.07) is 13.7. The topological polar surface area (TPSA) is 202 Å². The molecule has 3 amide bonds. The van der Waals surface area contributed by atoms with Crippen molar-refractivity contribution in [3.63, 3.8) is 0 Å². The lowest BCUT2D eigenvalue weighted by Crippen LogP contribution is -2.54. The van der Waals surface area contributed by atoms with Crippen molar-refractivity contribution in [3.05, 3.63) is 124 Å². The minimum atomic E-state index is -0.922. The molecule has 0 spiro atoms. The Balaban J connectivity index is 0.936. The lowest BCUT2D eigenvalue weighted by Gasteiger charge is -2.40. The molecule has 8 rings (SSSR count). The van der Waals surface area contributed by atoms with Crippen LogP contribution in [-0.2, 0) is 25.7 Å². The van der Waals surface area contributed by atoms with E-state index >= 15 is 8.78 Å². The Labute approximate surface area is 457 Å². The predicted molar refractivity (Wildman–Crippen MR) is 297 cm³/mol. The highest BCUT2D eigenvalue weighted by Crippen LogP contribution is 2.39. The zero-order valence-electron chi connectivity index (χ0n) is 45.6. The van der Waals surface area contributed by atoms with Gasteiger partial charge in [-0.3, -0.25) is 24.2 Å². The molecule has 5 atom stereocenters. The molecule has 16 nitrogen and oxygen atoms in total. The molecule has 6 aromatic rings.